The van der Waals surface area contributed by atoms with Gasteiger partial charge in [-0.3, -0.25) is 14.4 Å². The third-order valence-electron chi connectivity index (χ3n) is 8.07. The Balaban J connectivity index is 1.59. The summed E-state index contributed by atoms with van der Waals surface area (Å²) in [5, 5.41) is 0. The number of esters is 3. The number of benzene rings is 3. The maximum absolute atomic E-state index is 14.4. The molecule has 0 spiro atoms. The standard InChI is InChI=1S/C36H37NO10/c1-22(38)45-27-15-14-25(21-28(27)42-2)32-31(26-19-23(13-16-30(39)44-4)20-29(43-3)34(26)46-32)36(41)47-33(24-11-7-5-8-12-24)35(40)37-17-9-6-10-18-37/h5,7-8,11-16,19-21,31-33H,6,9-10,17-18H2,1-4H3/b16-13+/t31-,32+,33-/m1/s1. The highest BCUT2D eigenvalue weighted by Crippen LogP contribution is 2.52. The molecule has 1 fully saturated rings. The van der Waals surface area contributed by atoms with Gasteiger partial charge < -0.3 is 33.3 Å². The van der Waals surface area contributed by atoms with E-state index in [0.29, 0.717) is 46.8 Å². The molecule has 0 N–H and O–H groups in total. The summed E-state index contributed by atoms with van der Waals surface area (Å²) in [4.78, 5) is 53.6. The van der Waals surface area contributed by atoms with Gasteiger partial charge in [-0.1, -0.05) is 36.4 Å². The van der Waals surface area contributed by atoms with Crippen LogP contribution in [0.5, 0.6) is 23.0 Å². The first-order chi connectivity index (χ1) is 22.7. The van der Waals surface area contributed by atoms with Gasteiger partial charge in [-0.15, -0.1) is 0 Å². The normalized spacial score (nSPS) is 17.7. The second-order valence-electron chi connectivity index (χ2n) is 11.1. The highest BCUT2D eigenvalue weighted by molar-refractivity contribution is 5.90. The van der Waals surface area contributed by atoms with Crippen LogP contribution in [-0.2, 0) is 28.7 Å². The number of hydrogen-bond acceptors (Lipinski definition) is 10. The van der Waals surface area contributed by atoms with E-state index >= 15 is 0 Å². The molecule has 3 atom stereocenters. The zero-order valence-corrected chi connectivity index (χ0v) is 26.7. The lowest BCUT2D eigenvalue weighted by Gasteiger charge is -2.31. The number of fused-ring (bicyclic) bond motifs is 1. The number of rotatable bonds is 10. The first-order valence-electron chi connectivity index (χ1n) is 15.3. The Bertz CT molecular complexity index is 1660. The first kappa shape index (κ1) is 33.1. The van der Waals surface area contributed by atoms with Crippen LogP contribution in [0.1, 0.15) is 66.6 Å². The average Bonchev–Trinajstić information content (AvgIpc) is 3.49. The minimum Gasteiger partial charge on any atom is -0.493 e. The molecule has 0 aliphatic carbocycles. The smallest absolute Gasteiger partial charge is 0.330 e. The van der Waals surface area contributed by atoms with E-state index in [1.165, 1.54) is 40.4 Å². The van der Waals surface area contributed by atoms with Crippen molar-refractivity contribution in [3.05, 3.63) is 89.0 Å². The lowest BCUT2D eigenvalue weighted by atomic mass is 9.89. The van der Waals surface area contributed by atoms with Gasteiger partial charge in [-0.05, 0) is 60.7 Å². The van der Waals surface area contributed by atoms with Gasteiger partial charge in [0.2, 0.25) is 6.10 Å². The summed E-state index contributed by atoms with van der Waals surface area (Å²) < 4.78 is 33.8. The second kappa shape index (κ2) is 14.8. The molecule has 246 valence electrons. The van der Waals surface area contributed by atoms with Crippen molar-refractivity contribution in [1.29, 1.82) is 0 Å². The Hall–Kier alpha value is -5.32. The first-order valence-corrected chi connectivity index (χ1v) is 15.3. The number of carbonyl (C=O) groups excluding carboxylic acids is 4. The molecule has 0 bridgehead atoms. The number of carbonyl (C=O) groups is 4. The van der Waals surface area contributed by atoms with Crippen molar-refractivity contribution in [2.24, 2.45) is 0 Å². The molecule has 47 heavy (non-hydrogen) atoms. The summed E-state index contributed by atoms with van der Waals surface area (Å²) >= 11 is 0. The maximum Gasteiger partial charge on any atom is 0.330 e. The Labute approximate surface area is 273 Å². The van der Waals surface area contributed by atoms with Gasteiger partial charge in [0.15, 0.2) is 23.0 Å². The van der Waals surface area contributed by atoms with Gasteiger partial charge in [0, 0.05) is 37.2 Å². The summed E-state index contributed by atoms with van der Waals surface area (Å²) in [5.74, 6) is -2.08. The molecule has 2 heterocycles. The minimum atomic E-state index is -1.18. The maximum atomic E-state index is 14.4. The van der Waals surface area contributed by atoms with Gasteiger partial charge in [0.25, 0.3) is 5.91 Å². The lowest BCUT2D eigenvalue weighted by molar-refractivity contribution is -0.163. The highest BCUT2D eigenvalue weighted by atomic mass is 16.6. The number of hydrogen-bond donors (Lipinski definition) is 0. The number of methoxy groups -OCH3 is 3. The van der Waals surface area contributed by atoms with E-state index < -0.39 is 36.0 Å². The quantitative estimate of drug-likeness (QED) is 0.163. The van der Waals surface area contributed by atoms with Crippen LogP contribution in [0.4, 0.5) is 0 Å². The summed E-state index contributed by atoms with van der Waals surface area (Å²) in [6.45, 7) is 2.45. The van der Waals surface area contributed by atoms with Crippen LogP contribution in [0.3, 0.4) is 0 Å². The van der Waals surface area contributed by atoms with Crippen LogP contribution in [-0.4, -0.2) is 63.1 Å². The third-order valence-corrected chi connectivity index (χ3v) is 8.07. The number of ether oxygens (including phenoxy) is 6. The molecule has 3 aromatic rings. The van der Waals surface area contributed by atoms with Crippen molar-refractivity contribution >= 4 is 29.9 Å². The van der Waals surface area contributed by atoms with Crippen molar-refractivity contribution in [2.75, 3.05) is 34.4 Å². The predicted octanol–water partition coefficient (Wildman–Crippen LogP) is 5.33. The van der Waals surface area contributed by atoms with Crippen LogP contribution >= 0.6 is 0 Å². The van der Waals surface area contributed by atoms with E-state index in [0.717, 1.165) is 19.3 Å². The van der Waals surface area contributed by atoms with Crippen molar-refractivity contribution in [1.82, 2.24) is 4.90 Å². The zero-order chi connectivity index (χ0) is 33.5. The second-order valence-corrected chi connectivity index (χ2v) is 11.1. The summed E-state index contributed by atoms with van der Waals surface area (Å²) in [6, 6.07) is 17.1. The van der Waals surface area contributed by atoms with Crippen LogP contribution in [0.25, 0.3) is 6.08 Å². The van der Waals surface area contributed by atoms with E-state index in [1.54, 1.807) is 59.5 Å². The fourth-order valence-electron chi connectivity index (χ4n) is 5.81. The molecule has 0 saturated carbocycles. The molecule has 0 aromatic heterocycles. The summed E-state index contributed by atoms with van der Waals surface area (Å²) in [6.07, 6.45) is 3.44. The zero-order valence-electron chi connectivity index (χ0n) is 26.7. The molecule has 0 unspecified atom stereocenters. The molecule has 2 aliphatic heterocycles. The molecule has 11 heteroatoms. The lowest BCUT2D eigenvalue weighted by Crippen LogP contribution is -2.40. The molecular weight excluding hydrogens is 606 g/mol. The Morgan fingerprint density at radius 1 is 0.872 bits per heavy atom. The Morgan fingerprint density at radius 3 is 2.26 bits per heavy atom. The summed E-state index contributed by atoms with van der Waals surface area (Å²) in [5.41, 5.74) is 2.04. The molecule has 1 amide bonds. The molecule has 1 saturated heterocycles. The molecule has 11 nitrogen and oxygen atoms in total. The number of amides is 1. The fraction of sp³-hybridized carbons (Fsp3) is 0.333. The van der Waals surface area contributed by atoms with Crippen LogP contribution < -0.4 is 18.9 Å². The Morgan fingerprint density at radius 2 is 1.60 bits per heavy atom. The molecular formula is C36H37NO10. The molecule has 0 radical (unpaired) electrons. The number of likely N-dealkylation sites (tertiary alicyclic amines) is 1. The predicted molar refractivity (Wildman–Crippen MR) is 170 cm³/mol. The molecule has 3 aromatic carbocycles. The average molecular weight is 644 g/mol. The SMILES string of the molecule is COC(=O)/C=C/c1cc(OC)c2c(c1)[C@@H](C(=O)O[C@@H](C(=O)N1CCCCC1)c1ccccc1)[C@H](c1ccc(OC(C)=O)c(OC)c1)O2. The van der Waals surface area contributed by atoms with E-state index in [4.69, 9.17) is 28.4 Å². The van der Waals surface area contributed by atoms with Crippen LogP contribution in [0.2, 0.25) is 0 Å². The third kappa shape index (κ3) is 7.40. The van der Waals surface area contributed by atoms with Gasteiger partial charge in [-0.25, -0.2) is 4.79 Å². The van der Waals surface area contributed by atoms with Gasteiger partial charge in [0.05, 0.1) is 21.3 Å². The van der Waals surface area contributed by atoms with Crippen LogP contribution in [0, 0.1) is 0 Å². The van der Waals surface area contributed by atoms with E-state index in [-0.39, 0.29) is 17.4 Å². The minimum absolute atomic E-state index is 0.197. The Kier molecular flexibility index (Phi) is 10.4. The number of nitrogens with zero attached hydrogens (tertiary/aromatic N) is 1. The largest absolute Gasteiger partial charge is 0.493 e. The van der Waals surface area contributed by atoms with E-state index in [9.17, 15) is 19.2 Å². The monoisotopic (exact) mass is 643 g/mol. The van der Waals surface area contributed by atoms with Crippen molar-refractivity contribution < 1.29 is 47.6 Å². The van der Waals surface area contributed by atoms with Crippen LogP contribution in [0.15, 0.2) is 66.7 Å². The van der Waals surface area contributed by atoms with E-state index in [1.807, 2.05) is 6.07 Å². The molecule has 2 aliphatic rings. The van der Waals surface area contributed by atoms with Crippen molar-refractivity contribution in [3.63, 3.8) is 0 Å². The van der Waals surface area contributed by atoms with Crippen molar-refractivity contribution in [3.8, 4) is 23.0 Å². The fourth-order valence-corrected chi connectivity index (χ4v) is 5.81. The summed E-state index contributed by atoms with van der Waals surface area (Å²) in [7, 11) is 4.17. The van der Waals surface area contributed by atoms with Gasteiger partial charge >= 0.3 is 17.9 Å². The van der Waals surface area contributed by atoms with Crippen molar-refractivity contribution in [2.45, 2.75) is 44.3 Å². The van der Waals surface area contributed by atoms with Gasteiger partial charge in [0.1, 0.15) is 12.0 Å². The number of piperidine rings is 1. The highest BCUT2D eigenvalue weighted by Gasteiger charge is 2.45. The van der Waals surface area contributed by atoms with E-state index in [2.05, 4.69) is 0 Å². The topological polar surface area (TPSA) is 127 Å². The molecule has 5 rings (SSSR count). The van der Waals surface area contributed by atoms with Gasteiger partial charge in [-0.2, -0.15) is 0 Å².